The van der Waals surface area contributed by atoms with Gasteiger partial charge in [0.25, 0.3) is 0 Å². The molecule has 0 bridgehead atoms. The van der Waals surface area contributed by atoms with E-state index >= 15 is 0 Å². The van der Waals surface area contributed by atoms with Crippen molar-refractivity contribution in [2.24, 2.45) is 0 Å². The van der Waals surface area contributed by atoms with E-state index in [1.807, 2.05) is 20.8 Å². The summed E-state index contributed by atoms with van der Waals surface area (Å²) >= 11 is 0. The number of nitrogens with zero attached hydrogens (tertiary/aromatic N) is 2. The van der Waals surface area contributed by atoms with E-state index in [0.29, 0.717) is 18.8 Å². The molecule has 2 aromatic rings. The van der Waals surface area contributed by atoms with E-state index in [0.717, 1.165) is 41.3 Å². The molecule has 3 heterocycles. The largest absolute Gasteiger partial charge is 0.508 e. The molecule has 2 aliphatic heterocycles. The second kappa shape index (κ2) is 7.38. The normalized spacial score (nSPS) is 18.3. The average molecular weight is 412 g/mol. The maximum atomic E-state index is 12.3. The number of likely N-dealkylation sites (tertiary alicyclic amines) is 1. The Balaban J connectivity index is 1.49. The molecular formula is C23H28N2O5. The zero-order valence-corrected chi connectivity index (χ0v) is 17.9. The number of phenols is 1. The highest BCUT2D eigenvalue weighted by Crippen LogP contribution is 2.45. The van der Waals surface area contributed by atoms with Crippen molar-refractivity contribution < 1.29 is 24.1 Å². The summed E-state index contributed by atoms with van der Waals surface area (Å²) in [4.78, 5) is 18.6. The topological polar surface area (TPSA) is 81.1 Å². The Morgan fingerprint density at radius 3 is 2.67 bits per heavy atom. The highest BCUT2D eigenvalue weighted by atomic mass is 16.6. The standard InChI is InChI=1S/C23H28N2O5/c1-22(2,3)30-21(27)25-9-7-23(8-10-25)12-15(14-29-23)18-13-24-19-6-5-16(26)11-17(19)20(18)28-4/h5-6,11,13-14,26H,7-10,12H2,1-4H3. The number of piperidine rings is 1. The second-order valence-electron chi connectivity index (χ2n) is 8.99. The zero-order chi connectivity index (χ0) is 21.5. The van der Waals surface area contributed by atoms with Crippen LogP contribution in [-0.2, 0) is 9.47 Å². The third kappa shape index (κ3) is 3.88. The van der Waals surface area contributed by atoms with Crippen LogP contribution in [0, 0.1) is 0 Å². The molecule has 0 unspecified atom stereocenters. The molecule has 1 amide bonds. The van der Waals surface area contributed by atoms with E-state index in [1.54, 1.807) is 42.7 Å². The molecule has 1 spiro atoms. The molecule has 2 aliphatic rings. The van der Waals surface area contributed by atoms with E-state index in [-0.39, 0.29) is 17.4 Å². The number of phenolic OH excluding ortho intramolecular Hbond substituents is 1. The number of hydrogen-bond donors (Lipinski definition) is 1. The van der Waals surface area contributed by atoms with Crippen molar-refractivity contribution in [2.45, 2.75) is 51.2 Å². The summed E-state index contributed by atoms with van der Waals surface area (Å²) in [5.74, 6) is 0.844. The second-order valence-corrected chi connectivity index (χ2v) is 8.99. The highest BCUT2D eigenvalue weighted by Gasteiger charge is 2.42. The van der Waals surface area contributed by atoms with Crippen molar-refractivity contribution in [2.75, 3.05) is 20.2 Å². The molecular weight excluding hydrogens is 384 g/mol. The smallest absolute Gasteiger partial charge is 0.410 e. The molecule has 1 fully saturated rings. The van der Waals surface area contributed by atoms with Gasteiger partial charge in [-0.2, -0.15) is 0 Å². The van der Waals surface area contributed by atoms with Gasteiger partial charge in [-0.25, -0.2) is 4.79 Å². The first-order chi connectivity index (χ1) is 14.2. The van der Waals surface area contributed by atoms with Crippen LogP contribution in [0.3, 0.4) is 0 Å². The molecule has 30 heavy (non-hydrogen) atoms. The summed E-state index contributed by atoms with van der Waals surface area (Å²) in [6.07, 6.45) is 5.49. The number of methoxy groups -OCH3 is 1. The molecule has 7 nitrogen and oxygen atoms in total. The Bertz CT molecular complexity index is 1000. The summed E-state index contributed by atoms with van der Waals surface area (Å²) < 4.78 is 17.3. The number of ether oxygens (including phenoxy) is 3. The minimum Gasteiger partial charge on any atom is -0.508 e. The van der Waals surface area contributed by atoms with Crippen molar-refractivity contribution in [1.82, 2.24) is 9.88 Å². The van der Waals surface area contributed by atoms with Gasteiger partial charge in [0.1, 0.15) is 22.7 Å². The first-order valence-corrected chi connectivity index (χ1v) is 10.2. The Labute approximate surface area is 176 Å². The van der Waals surface area contributed by atoms with Crippen molar-refractivity contribution in [3.05, 3.63) is 36.2 Å². The van der Waals surface area contributed by atoms with Gasteiger partial charge in [-0.15, -0.1) is 0 Å². The molecule has 7 heteroatoms. The van der Waals surface area contributed by atoms with Crippen LogP contribution in [0.1, 0.15) is 45.6 Å². The van der Waals surface area contributed by atoms with Gasteiger partial charge in [0.15, 0.2) is 0 Å². The first-order valence-electron chi connectivity index (χ1n) is 10.2. The number of hydrogen-bond acceptors (Lipinski definition) is 6. The maximum Gasteiger partial charge on any atom is 0.410 e. The Morgan fingerprint density at radius 2 is 2.00 bits per heavy atom. The van der Waals surface area contributed by atoms with Crippen molar-refractivity contribution in [3.63, 3.8) is 0 Å². The zero-order valence-electron chi connectivity index (χ0n) is 17.9. The predicted octanol–water partition coefficient (Wildman–Crippen LogP) is 4.48. The Kier molecular flexibility index (Phi) is 5.00. The molecule has 0 radical (unpaired) electrons. The molecule has 1 aromatic heterocycles. The average Bonchev–Trinajstić information content (AvgIpc) is 3.09. The van der Waals surface area contributed by atoms with Crippen LogP contribution in [-0.4, -0.2) is 52.5 Å². The molecule has 0 atom stereocenters. The number of aromatic nitrogens is 1. The minimum atomic E-state index is -0.501. The lowest BCUT2D eigenvalue weighted by Crippen LogP contribution is -2.47. The van der Waals surface area contributed by atoms with Crippen molar-refractivity contribution in [1.29, 1.82) is 0 Å². The van der Waals surface area contributed by atoms with Crippen LogP contribution in [0.2, 0.25) is 0 Å². The summed E-state index contributed by atoms with van der Waals surface area (Å²) in [5.41, 5.74) is 1.80. The molecule has 0 aliphatic carbocycles. The quantitative estimate of drug-likeness (QED) is 0.783. The van der Waals surface area contributed by atoms with Crippen LogP contribution in [0.5, 0.6) is 11.5 Å². The number of benzene rings is 1. The third-order valence-corrected chi connectivity index (χ3v) is 5.64. The van der Waals surface area contributed by atoms with Gasteiger partial charge in [-0.1, -0.05) is 0 Å². The van der Waals surface area contributed by atoms with Gasteiger partial charge in [0.2, 0.25) is 0 Å². The van der Waals surface area contributed by atoms with E-state index in [9.17, 15) is 9.90 Å². The number of amides is 1. The van der Waals surface area contributed by atoms with Gasteiger partial charge < -0.3 is 24.2 Å². The summed E-state index contributed by atoms with van der Waals surface area (Å²) in [6.45, 7) is 6.81. The van der Waals surface area contributed by atoms with Gasteiger partial charge in [0, 0.05) is 55.1 Å². The van der Waals surface area contributed by atoms with Gasteiger partial charge in [-0.05, 0) is 39.0 Å². The van der Waals surface area contributed by atoms with E-state index < -0.39 is 5.60 Å². The van der Waals surface area contributed by atoms with Crippen LogP contribution in [0.15, 0.2) is 30.7 Å². The molecule has 1 saturated heterocycles. The first kappa shape index (κ1) is 20.3. The van der Waals surface area contributed by atoms with Gasteiger partial charge in [0.05, 0.1) is 18.9 Å². The fourth-order valence-electron chi connectivity index (χ4n) is 4.11. The van der Waals surface area contributed by atoms with Gasteiger partial charge in [-0.3, -0.25) is 4.98 Å². The number of carbonyl (C=O) groups is 1. The van der Waals surface area contributed by atoms with Crippen molar-refractivity contribution in [3.8, 4) is 11.5 Å². The molecule has 0 saturated carbocycles. The van der Waals surface area contributed by atoms with Crippen molar-refractivity contribution >= 4 is 22.6 Å². The van der Waals surface area contributed by atoms with Gasteiger partial charge >= 0.3 is 6.09 Å². The lowest BCUT2D eigenvalue weighted by molar-refractivity contribution is -0.0276. The number of rotatable bonds is 2. The summed E-state index contributed by atoms with van der Waals surface area (Å²) in [7, 11) is 1.62. The lowest BCUT2D eigenvalue weighted by Gasteiger charge is -2.39. The van der Waals surface area contributed by atoms with E-state index in [1.165, 1.54) is 0 Å². The Hall–Kier alpha value is -2.96. The van der Waals surface area contributed by atoms with Crippen LogP contribution < -0.4 is 4.74 Å². The van der Waals surface area contributed by atoms with Crippen LogP contribution in [0.25, 0.3) is 16.5 Å². The SMILES string of the molecule is COc1c(C2=COC3(CCN(C(=O)OC(C)(C)C)CC3)C2)cnc2ccc(O)cc12. The number of fused-ring (bicyclic) bond motifs is 1. The lowest BCUT2D eigenvalue weighted by atomic mass is 9.85. The summed E-state index contributed by atoms with van der Waals surface area (Å²) in [5, 5.41) is 10.6. The molecule has 1 aromatic carbocycles. The highest BCUT2D eigenvalue weighted by molar-refractivity contribution is 5.91. The van der Waals surface area contributed by atoms with E-state index in [4.69, 9.17) is 14.2 Å². The fraction of sp³-hybridized carbons (Fsp3) is 0.478. The monoisotopic (exact) mass is 412 g/mol. The summed E-state index contributed by atoms with van der Waals surface area (Å²) in [6, 6.07) is 5.04. The third-order valence-electron chi connectivity index (χ3n) is 5.64. The number of carbonyl (C=O) groups excluding carboxylic acids is 1. The molecule has 1 N–H and O–H groups in total. The van der Waals surface area contributed by atoms with Crippen LogP contribution >= 0.6 is 0 Å². The number of aromatic hydroxyl groups is 1. The number of pyridine rings is 1. The fourth-order valence-corrected chi connectivity index (χ4v) is 4.11. The molecule has 4 rings (SSSR count). The maximum absolute atomic E-state index is 12.3. The van der Waals surface area contributed by atoms with Crippen LogP contribution in [0.4, 0.5) is 4.79 Å². The van der Waals surface area contributed by atoms with E-state index in [2.05, 4.69) is 4.98 Å². The predicted molar refractivity (Wildman–Crippen MR) is 113 cm³/mol. The molecule has 160 valence electrons. The Morgan fingerprint density at radius 1 is 1.27 bits per heavy atom. The minimum absolute atomic E-state index is 0.169.